The van der Waals surface area contributed by atoms with Crippen molar-refractivity contribution in [1.29, 1.82) is 0 Å². The molecule has 2 rings (SSSR count). The SMILES string of the molecule is CN(Cc1csc(Br)c1)C(=O)CC1(N)CCCC1. The van der Waals surface area contributed by atoms with E-state index in [1.165, 1.54) is 5.56 Å². The molecule has 0 unspecified atom stereocenters. The summed E-state index contributed by atoms with van der Waals surface area (Å²) in [7, 11) is 1.85. The fraction of sp³-hybridized carbons (Fsp3) is 0.615. The molecule has 1 fully saturated rings. The van der Waals surface area contributed by atoms with Gasteiger partial charge in [-0.05, 0) is 45.8 Å². The van der Waals surface area contributed by atoms with Gasteiger partial charge in [-0.15, -0.1) is 11.3 Å². The van der Waals surface area contributed by atoms with E-state index < -0.39 is 0 Å². The minimum Gasteiger partial charge on any atom is -0.341 e. The standard InChI is InChI=1S/C13H19BrN2OS/c1-16(8-10-6-11(14)18-9-10)12(17)7-13(15)4-2-3-5-13/h6,9H,2-5,7-8,15H2,1H3. The van der Waals surface area contributed by atoms with Crippen LogP contribution >= 0.6 is 27.3 Å². The van der Waals surface area contributed by atoms with Gasteiger partial charge in [0.15, 0.2) is 0 Å². The van der Waals surface area contributed by atoms with Gasteiger partial charge in [0.05, 0.1) is 3.79 Å². The molecule has 1 aromatic rings. The summed E-state index contributed by atoms with van der Waals surface area (Å²) in [6.07, 6.45) is 4.76. The predicted octanol–water partition coefficient (Wildman–Crippen LogP) is 3.13. The van der Waals surface area contributed by atoms with Gasteiger partial charge in [-0.1, -0.05) is 12.8 Å². The lowest BCUT2D eigenvalue weighted by Crippen LogP contribution is -2.42. The molecule has 1 aromatic heterocycles. The summed E-state index contributed by atoms with van der Waals surface area (Å²) < 4.78 is 1.10. The normalized spacial score (nSPS) is 17.9. The molecule has 1 heterocycles. The Kier molecular flexibility index (Phi) is 4.45. The summed E-state index contributed by atoms with van der Waals surface area (Å²) >= 11 is 5.08. The summed E-state index contributed by atoms with van der Waals surface area (Å²) in [6.45, 7) is 0.664. The van der Waals surface area contributed by atoms with Crippen molar-refractivity contribution in [2.24, 2.45) is 5.73 Å². The van der Waals surface area contributed by atoms with E-state index in [1.807, 2.05) is 7.05 Å². The molecule has 3 nitrogen and oxygen atoms in total. The van der Waals surface area contributed by atoms with Crippen LogP contribution in [0.1, 0.15) is 37.7 Å². The van der Waals surface area contributed by atoms with E-state index in [0.717, 1.165) is 29.5 Å². The van der Waals surface area contributed by atoms with Crippen LogP contribution in [0.2, 0.25) is 0 Å². The van der Waals surface area contributed by atoms with Crippen molar-refractivity contribution < 1.29 is 4.79 Å². The van der Waals surface area contributed by atoms with Crippen LogP contribution in [-0.4, -0.2) is 23.4 Å². The van der Waals surface area contributed by atoms with Crippen LogP contribution in [0.5, 0.6) is 0 Å². The molecule has 0 aromatic carbocycles. The molecule has 1 aliphatic rings. The largest absolute Gasteiger partial charge is 0.341 e. The van der Waals surface area contributed by atoms with Crippen molar-refractivity contribution in [3.05, 3.63) is 20.8 Å². The first-order chi connectivity index (χ1) is 8.48. The predicted molar refractivity (Wildman–Crippen MR) is 78.5 cm³/mol. The Balaban J connectivity index is 1.88. The van der Waals surface area contributed by atoms with E-state index in [0.29, 0.717) is 13.0 Å². The molecule has 100 valence electrons. The molecule has 1 amide bonds. The number of hydrogen-bond acceptors (Lipinski definition) is 3. The summed E-state index contributed by atoms with van der Waals surface area (Å²) in [6, 6.07) is 2.06. The fourth-order valence-electron chi connectivity index (χ4n) is 2.48. The molecule has 0 spiro atoms. The topological polar surface area (TPSA) is 46.3 Å². The monoisotopic (exact) mass is 330 g/mol. The second-order valence-corrected chi connectivity index (χ2v) is 7.55. The van der Waals surface area contributed by atoms with E-state index in [-0.39, 0.29) is 11.4 Å². The maximum atomic E-state index is 12.2. The van der Waals surface area contributed by atoms with Crippen molar-refractivity contribution in [2.45, 2.75) is 44.2 Å². The summed E-state index contributed by atoms with van der Waals surface area (Å²) in [4.78, 5) is 13.9. The fourth-order valence-corrected chi connectivity index (χ4v) is 3.68. The Morgan fingerprint density at radius 2 is 2.22 bits per heavy atom. The number of carbonyl (C=O) groups is 1. The second-order valence-electron chi connectivity index (χ2n) is 5.26. The number of nitrogens with zero attached hydrogens (tertiary/aromatic N) is 1. The van der Waals surface area contributed by atoms with Gasteiger partial charge >= 0.3 is 0 Å². The van der Waals surface area contributed by atoms with Gasteiger partial charge in [-0.3, -0.25) is 4.79 Å². The maximum absolute atomic E-state index is 12.2. The minimum absolute atomic E-state index is 0.154. The van der Waals surface area contributed by atoms with Gasteiger partial charge in [0.25, 0.3) is 0 Å². The van der Waals surface area contributed by atoms with Gasteiger partial charge in [0, 0.05) is 25.6 Å². The van der Waals surface area contributed by atoms with Crippen molar-refractivity contribution in [3.63, 3.8) is 0 Å². The molecule has 1 saturated carbocycles. The third-order valence-electron chi connectivity index (χ3n) is 3.57. The molecule has 0 bridgehead atoms. The molecule has 1 aliphatic carbocycles. The third kappa shape index (κ3) is 3.56. The second kappa shape index (κ2) is 5.72. The van der Waals surface area contributed by atoms with Crippen molar-refractivity contribution >= 4 is 33.2 Å². The van der Waals surface area contributed by atoms with Crippen molar-refractivity contribution in [1.82, 2.24) is 4.90 Å². The van der Waals surface area contributed by atoms with Crippen LogP contribution in [0.3, 0.4) is 0 Å². The van der Waals surface area contributed by atoms with Crippen LogP contribution < -0.4 is 5.73 Å². The quantitative estimate of drug-likeness (QED) is 0.921. The lowest BCUT2D eigenvalue weighted by molar-refractivity contribution is -0.131. The van der Waals surface area contributed by atoms with Crippen LogP contribution in [0.15, 0.2) is 15.2 Å². The van der Waals surface area contributed by atoms with Crippen LogP contribution in [-0.2, 0) is 11.3 Å². The Morgan fingerprint density at radius 3 is 2.78 bits per heavy atom. The summed E-state index contributed by atoms with van der Waals surface area (Å²) in [5.74, 6) is 0.154. The van der Waals surface area contributed by atoms with Crippen molar-refractivity contribution in [3.8, 4) is 0 Å². The molecule has 0 radical (unpaired) electrons. The zero-order valence-electron chi connectivity index (χ0n) is 10.6. The molecule has 0 aliphatic heterocycles. The Hall–Kier alpha value is -0.390. The number of nitrogens with two attached hydrogens (primary N) is 1. The number of hydrogen-bond donors (Lipinski definition) is 1. The highest BCUT2D eigenvalue weighted by atomic mass is 79.9. The van der Waals surface area contributed by atoms with E-state index >= 15 is 0 Å². The first kappa shape index (κ1) is 14.0. The van der Waals surface area contributed by atoms with E-state index in [4.69, 9.17) is 5.73 Å². The molecule has 2 N–H and O–H groups in total. The summed E-state index contributed by atoms with van der Waals surface area (Å²) in [5.41, 5.74) is 7.16. The Morgan fingerprint density at radius 1 is 1.56 bits per heavy atom. The van der Waals surface area contributed by atoms with Gasteiger partial charge in [-0.2, -0.15) is 0 Å². The number of thiophene rings is 1. The highest BCUT2D eigenvalue weighted by molar-refractivity contribution is 9.11. The van der Waals surface area contributed by atoms with Gasteiger partial charge in [0.1, 0.15) is 0 Å². The maximum Gasteiger partial charge on any atom is 0.224 e. The van der Waals surface area contributed by atoms with E-state index in [9.17, 15) is 4.79 Å². The van der Waals surface area contributed by atoms with Crippen molar-refractivity contribution in [2.75, 3.05) is 7.05 Å². The average molecular weight is 331 g/mol. The van der Waals surface area contributed by atoms with Gasteiger partial charge in [-0.25, -0.2) is 0 Å². The highest BCUT2D eigenvalue weighted by Gasteiger charge is 2.32. The third-order valence-corrected chi connectivity index (χ3v) is 5.12. The minimum atomic E-state index is -0.249. The first-order valence-electron chi connectivity index (χ1n) is 6.24. The summed E-state index contributed by atoms with van der Waals surface area (Å²) in [5, 5.41) is 2.07. The zero-order valence-corrected chi connectivity index (χ0v) is 13.0. The first-order valence-corrected chi connectivity index (χ1v) is 7.92. The van der Waals surface area contributed by atoms with Crippen LogP contribution in [0.4, 0.5) is 0 Å². The number of rotatable bonds is 4. The van der Waals surface area contributed by atoms with Crippen LogP contribution in [0, 0.1) is 0 Å². The van der Waals surface area contributed by atoms with Gasteiger partial charge in [0.2, 0.25) is 5.91 Å². The lowest BCUT2D eigenvalue weighted by Gasteiger charge is -2.26. The molecular formula is C13H19BrN2OS. The number of halogens is 1. The molecule has 0 saturated heterocycles. The molecule has 0 atom stereocenters. The zero-order chi connectivity index (χ0) is 13.2. The number of amides is 1. The van der Waals surface area contributed by atoms with Crippen LogP contribution in [0.25, 0.3) is 0 Å². The molecule has 5 heteroatoms. The lowest BCUT2D eigenvalue weighted by atomic mass is 9.94. The highest BCUT2D eigenvalue weighted by Crippen LogP contribution is 2.30. The Labute approximate surface area is 120 Å². The van der Waals surface area contributed by atoms with Gasteiger partial charge < -0.3 is 10.6 Å². The average Bonchev–Trinajstić information content (AvgIpc) is 2.88. The van der Waals surface area contributed by atoms with E-state index in [1.54, 1.807) is 16.2 Å². The molecular weight excluding hydrogens is 312 g/mol. The van der Waals surface area contributed by atoms with E-state index in [2.05, 4.69) is 27.4 Å². The smallest absolute Gasteiger partial charge is 0.224 e. The Bertz CT molecular complexity index is 426. The molecule has 18 heavy (non-hydrogen) atoms. The number of carbonyl (C=O) groups excluding carboxylic acids is 1.